The fourth-order valence-electron chi connectivity index (χ4n) is 4.66. The third-order valence-electron chi connectivity index (χ3n) is 6.28. The van der Waals surface area contributed by atoms with Crippen LogP contribution in [0.5, 0.6) is 0 Å². The van der Waals surface area contributed by atoms with E-state index < -0.39 is 11.6 Å². The Balaban J connectivity index is 1.44. The Kier molecular flexibility index (Phi) is 6.06. The van der Waals surface area contributed by atoms with E-state index >= 15 is 0 Å². The van der Waals surface area contributed by atoms with Crippen molar-refractivity contribution in [1.29, 1.82) is 0 Å². The van der Waals surface area contributed by atoms with E-state index in [-0.39, 0.29) is 23.2 Å². The molecule has 0 spiro atoms. The Labute approximate surface area is 202 Å². The summed E-state index contributed by atoms with van der Waals surface area (Å²) in [5, 5.41) is 6.40. The molecule has 35 heavy (non-hydrogen) atoms. The van der Waals surface area contributed by atoms with Crippen molar-refractivity contribution in [3.05, 3.63) is 54.1 Å². The molecule has 4 heterocycles. The average Bonchev–Trinajstić information content (AvgIpc) is 3.18. The fourth-order valence-corrected chi connectivity index (χ4v) is 4.66. The Bertz CT molecular complexity index is 1370. The number of nitrogens with zero attached hydrogens (tertiary/aromatic N) is 6. The van der Waals surface area contributed by atoms with Gasteiger partial charge in [-0.25, -0.2) is 28.7 Å². The van der Waals surface area contributed by atoms with E-state index in [1.807, 2.05) is 37.5 Å². The number of hydrogen-bond donors (Lipinski definition) is 2. The number of aryl methyl sites for hydroxylation is 1. The maximum Gasteiger partial charge on any atom is 0.229 e. The van der Waals surface area contributed by atoms with Gasteiger partial charge in [-0.15, -0.1) is 0 Å². The lowest BCUT2D eigenvalue weighted by Gasteiger charge is -2.35. The molecule has 1 unspecified atom stereocenters. The summed E-state index contributed by atoms with van der Waals surface area (Å²) < 4.78 is 31.6. The molecular formula is C25H28F2N8. The zero-order valence-electron chi connectivity index (χ0n) is 20.2. The van der Waals surface area contributed by atoms with Crippen LogP contribution in [0.3, 0.4) is 0 Å². The number of halogens is 2. The molecule has 0 radical (unpaired) electrons. The third kappa shape index (κ3) is 4.41. The Morgan fingerprint density at radius 2 is 1.91 bits per heavy atom. The summed E-state index contributed by atoms with van der Waals surface area (Å²) in [6.07, 6.45) is 2.88. The zero-order valence-corrected chi connectivity index (χ0v) is 20.2. The Hall–Kier alpha value is -3.66. The van der Waals surface area contributed by atoms with Crippen molar-refractivity contribution >= 4 is 28.5 Å². The smallest absolute Gasteiger partial charge is 0.229 e. The van der Waals surface area contributed by atoms with Crippen LogP contribution in [0.4, 0.5) is 26.2 Å². The van der Waals surface area contributed by atoms with Crippen molar-refractivity contribution in [2.45, 2.75) is 39.8 Å². The van der Waals surface area contributed by atoms with Gasteiger partial charge in [0.2, 0.25) is 5.95 Å². The number of anilines is 3. The van der Waals surface area contributed by atoms with Crippen molar-refractivity contribution in [2.75, 3.05) is 29.9 Å². The lowest BCUT2D eigenvalue weighted by molar-refractivity contribution is 0.500. The quantitative estimate of drug-likeness (QED) is 0.434. The first-order valence-corrected chi connectivity index (χ1v) is 11.7. The number of hydrogen-bond acceptors (Lipinski definition) is 7. The molecule has 10 heteroatoms. The number of rotatable bonds is 5. The number of imidazole rings is 1. The van der Waals surface area contributed by atoms with E-state index in [2.05, 4.69) is 42.4 Å². The summed E-state index contributed by atoms with van der Waals surface area (Å²) in [7, 11) is 0. The molecule has 1 saturated heterocycles. The largest absolute Gasteiger partial charge is 0.365 e. The van der Waals surface area contributed by atoms with Crippen LogP contribution in [-0.4, -0.2) is 50.2 Å². The number of benzene rings is 1. The summed E-state index contributed by atoms with van der Waals surface area (Å²) in [4.78, 5) is 19.5. The van der Waals surface area contributed by atoms with Crippen molar-refractivity contribution < 1.29 is 8.78 Å². The second kappa shape index (κ2) is 9.18. The summed E-state index contributed by atoms with van der Waals surface area (Å²) in [6, 6.07) is 7.25. The molecule has 1 aliphatic rings. The maximum atomic E-state index is 14.9. The van der Waals surface area contributed by atoms with Gasteiger partial charge >= 0.3 is 0 Å². The molecule has 5 rings (SSSR count). The van der Waals surface area contributed by atoms with Crippen LogP contribution in [0.15, 0.2) is 36.7 Å². The summed E-state index contributed by atoms with van der Waals surface area (Å²) >= 11 is 0. The van der Waals surface area contributed by atoms with E-state index in [0.717, 1.165) is 31.5 Å². The second-order valence-electron chi connectivity index (χ2n) is 9.11. The summed E-state index contributed by atoms with van der Waals surface area (Å²) in [6.45, 7) is 10.8. The lowest BCUT2D eigenvalue weighted by atomic mass is 10.1. The molecule has 1 atom stereocenters. The van der Waals surface area contributed by atoms with Crippen molar-refractivity contribution in [2.24, 2.45) is 0 Å². The highest BCUT2D eigenvalue weighted by atomic mass is 19.1. The van der Waals surface area contributed by atoms with Gasteiger partial charge in [0.25, 0.3) is 0 Å². The highest BCUT2D eigenvalue weighted by Gasteiger charge is 2.20. The van der Waals surface area contributed by atoms with Crippen LogP contribution in [-0.2, 0) is 0 Å². The number of piperazine rings is 1. The molecule has 2 N–H and O–H groups in total. The summed E-state index contributed by atoms with van der Waals surface area (Å²) in [5.41, 5.74) is 2.21. The minimum absolute atomic E-state index is 0.00345. The average molecular weight is 479 g/mol. The van der Waals surface area contributed by atoms with Gasteiger partial charge in [0.05, 0.1) is 23.6 Å². The van der Waals surface area contributed by atoms with E-state index in [4.69, 9.17) is 0 Å². The molecule has 4 aromatic rings. The molecule has 0 saturated carbocycles. The van der Waals surface area contributed by atoms with Gasteiger partial charge in [0, 0.05) is 37.3 Å². The van der Waals surface area contributed by atoms with Gasteiger partial charge in [0.15, 0.2) is 11.6 Å². The Morgan fingerprint density at radius 1 is 1.09 bits per heavy atom. The van der Waals surface area contributed by atoms with Gasteiger partial charge in [-0.1, -0.05) is 0 Å². The van der Waals surface area contributed by atoms with Crippen LogP contribution in [0.2, 0.25) is 0 Å². The minimum Gasteiger partial charge on any atom is -0.365 e. The highest BCUT2D eigenvalue weighted by molar-refractivity contribution is 5.83. The monoisotopic (exact) mass is 478 g/mol. The SMILES string of the molecule is Cc1nc2c(F)cc(-c3nc(Nc4ccc(N5CCNCC5C)cn4)ncc3F)cc2n1C(C)C. The molecule has 0 bridgehead atoms. The molecule has 8 nitrogen and oxygen atoms in total. The van der Waals surface area contributed by atoms with Crippen LogP contribution < -0.4 is 15.5 Å². The number of pyridine rings is 1. The van der Waals surface area contributed by atoms with E-state index in [1.165, 1.54) is 6.07 Å². The standard InChI is InChI=1S/C25H28F2N8/c1-14(2)35-16(4)31-24-19(26)9-17(10-21(24)35)23-20(27)13-30-25(33-23)32-22-6-5-18(12-29-22)34-8-7-28-11-15(34)3/h5-6,9-10,12-15,28H,7-8,11H2,1-4H3,(H,29,30,32,33). The van der Waals surface area contributed by atoms with Crippen LogP contribution in [0, 0.1) is 18.6 Å². The topological polar surface area (TPSA) is 83.8 Å². The minimum atomic E-state index is -0.641. The molecule has 1 aromatic carbocycles. The number of fused-ring (bicyclic) bond motifs is 1. The Morgan fingerprint density at radius 3 is 2.63 bits per heavy atom. The van der Waals surface area contributed by atoms with Crippen LogP contribution in [0.25, 0.3) is 22.3 Å². The predicted octanol–water partition coefficient (Wildman–Crippen LogP) is 4.60. The summed E-state index contributed by atoms with van der Waals surface area (Å²) in [5.74, 6) is 0.237. The first-order valence-electron chi connectivity index (χ1n) is 11.7. The van der Waals surface area contributed by atoms with E-state index in [9.17, 15) is 8.78 Å². The predicted molar refractivity (Wildman–Crippen MR) is 133 cm³/mol. The van der Waals surface area contributed by atoms with Gasteiger partial charge in [-0.2, -0.15) is 0 Å². The second-order valence-corrected chi connectivity index (χ2v) is 9.11. The lowest BCUT2D eigenvalue weighted by Crippen LogP contribution is -2.49. The molecule has 3 aromatic heterocycles. The highest BCUT2D eigenvalue weighted by Crippen LogP contribution is 2.30. The third-order valence-corrected chi connectivity index (χ3v) is 6.28. The van der Waals surface area contributed by atoms with E-state index in [0.29, 0.717) is 28.8 Å². The fraction of sp³-hybridized carbons (Fsp3) is 0.360. The normalized spacial score (nSPS) is 16.3. The first-order chi connectivity index (χ1) is 16.8. The van der Waals surface area contributed by atoms with Crippen LogP contribution >= 0.6 is 0 Å². The molecule has 0 aliphatic carbocycles. The van der Waals surface area contributed by atoms with Gasteiger partial charge in [-0.05, 0) is 52.0 Å². The van der Waals surface area contributed by atoms with Crippen molar-refractivity contribution in [3.8, 4) is 11.3 Å². The van der Waals surface area contributed by atoms with Crippen LogP contribution in [0.1, 0.15) is 32.6 Å². The molecule has 1 aliphatic heterocycles. The van der Waals surface area contributed by atoms with Gasteiger partial charge in [-0.3, -0.25) is 0 Å². The van der Waals surface area contributed by atoms with Crippen molar-refractivity contribution in [1.82, 2.24) is 29.8 Å². The van der Waals surface area contributed by atoms with Crippen molar-refractivity contribution in [3.63, 3.8) is 0 Å². The maximum absolute atomic E-state index is 14.9. The zero-order chi connectivity index (χ0) is 24.7. The number of aromatic nitrogens is 5. The van der Waals surface area contributed by atoms with Gasteiger partial charge in [0.1, 0.15) is 22.9 Å². The molecule has 1 fully saturated rings. The molecule has 182 valence electrons. The first kappa shape index (κ1) is 23.1. The number of nitrogens with one attached hydrogen (secondary N) is 2. The van der Waals surface area contributed by atoms with Gasteiger partial charge < -0.3 is 20.1 Å². The molecule has 0 amide bonds. The van der Waals surface area contributed by atoms with E-state index in [1.54, 1.807) is 12.3 Å². The molecular weight excluding hydrogens is 450 g/mol.